The Balaban J connectivity index is 1.80. The van der Waals surface area contributed by atoms with Gasteiger partial charge in [-0.2, -0.15) is 4.31 Å². The van der Waals surface area contributed by atoms with E-state index in [0.717, 1.165) is 10.7 Å². The monoisotopic (exact) mass is 434 g/mol. The second kappa shape index (κ2) is 9.82. The maximum atomic E-state index is 13.2. The summed E-state index contributed by atoms with van der Waals surface area (Å²) >= 11 is 0. The number of sulfonamides is 1. The molecule has 162 valence electrons. The first-order chi connectivity index (χ1) is 14.5. The van der Waals surface area contributed by atoms with E-state index in [1.165, 1.54) is 19.2 Å². The van der Waals surface area contributed by atoms with Crippen LogP contribution in [0, 0.1) is 0 Å². The number of carbonyl (C=O) groups is 1. The van der Waals surface area contributed by atoms with Crippen LogP contribution in [0.25, 0.3) is 0 Å². The zero-order valence-electron chi connectivity index (χ0n) is 17.1. The van der Waals surface area contributed by atoms with Crippen LogP contribution in [0.5, 0.6) is 17.2 Å². The maximum absolute atomic E-state index is 13.2. The summed E-state index contributed by atoms with van der Waals surface area (Å²) in [6, 6.07) is 11.5. The summed E-state index contributed by atoms with van der Waals surface area (Å²) in [6.07, 6.45) is 1.29. The number of ether oxygens (including phenoxy) is 3. The lowest BCUT2D eigenvalue weighted by Gasteiger charge is -2.22. The fraction of sp³-hybridized carbons (Fsp3) is 0.381. The van der Waals surface area contributed by atoms with Crippen LogP contribution in [0.3, 0.4) is 0 Å². The number of anilines is 1. The van der Waals surface area contributed by atoms with Crippen LogP contribution in [0.15, 0.2) is 47.4 Å². The van der Waals surface area contributed by atoms with Crippen LogP contribution < -0.4 is 19.5 Å². The van der Waals surface area contributed by atoms with Crippen molar-refractivity contribution in [1.29, 1.82) is 0 Å². The molecule has 1 amide bonds. The summed E-state index contributed by atoms with van der Waals surface area (Å²) < 4.78 is 44.0. The molecule has 0 bridgehead atoms. The van der Waals surface area contributed by atoms with Gasteiger partial charge in [0.05, 0.1) is 37.5 Å². The summed E-state index contributed by atoms with van der Waals surface area (Å²) in [5.41, 5.74) is 0.481. The molecule has 9 heteroatoms. The number of amides is 1. The van der Waals surface area contributed by atoms with Crippen LogP contribution in [0.1, 0.15) is 19.8 Å². The lowest BCUT2D eigenvalue weighted by Crippen LogP contribution is -2.38. The lowest BCUT2D eigenvalue weighted by atomic mass is 10.3. The van der Waals surface area contributed by atoms with Crippen molar-refractivity contribution in [2.24, 2.45) is 0 Å². The van der Waals surface area contributed by atoms with Crippen molar-refractivity contribution in [3.8, 4) is 17.2 Å². The molecule has 0 aliphatic carbocycles. The van der Waals surface area contributed by atoms with Gasteiger partial charge in [0.1, 0.15) is 5.75 Å². The minimum absolute atomic E-state index is 0.0605. The second-order valence-corrected chi connectivity index (χ2v) is 8.68. The van der Waals surface area contributed by atoms with Crippen LogP contribution in [0.2, 0.25) is 0 Å². The highest BCUT2D eigenvalue weighted by atomic mass is 32.2. The molecule has 1 N–H and O–H groups in total. The Morgan fingerprint density at radius 1 is 1.13 bits per heavy atom. The van der Waals surface area contributed by atoms with Crippen LogP contribution in [0.4, 0.5) is 5.69 Å². The number of benzene rings is 2. The Kier molecular flexibility index (Phi) is 7.17. The molecule has 0 radical (unpaired) electrons. The first-order valence-electron chi connectivity index (χ1n) is 9.78. The quantitative estimate of drug-likeness (QED) is 0.687. The molecule has 1 aliphatic rings. The highest BCUT2D eigenvalue weighted by Gasteiger charge is 2.28. The van der Waals surface area contributed by atoms with Crippen molar-refractivity contribution in [3.63, 3.8) is 0 Å². The molecule has 8 nitrogen and oxygen atoms in total. The zero-order valence-corrected chi connectivity index (χ0v) is 17.9. The smallest absolute Gasteiger partial charge is 0.243 e. The van der Waals surface area contributed by atoms with Gasteiger partial charge < -0.3 is 19.5 Å². The van der Waals surface area contributed by atoms with Crippen LogP contribution in [-0.4, -0.2) is 52.0 Å². The molecule has 0 fully saturated rings. The van der Waals surface area contributed by atoms with Gasteiger partial charge in [-0.1, -0.05) is 19.1 Å². The van der Waals surface area contributed by atoms with Gasteiger partial charge in [0.2, 0.25) is 15.9 Å². The molecule has 1 aliphatic heterocycles. The number of rotatable bonds is 8. The molecular weight excluding hydrogens is 408 g/mol. The normalized spacial score (nSPS) is 13.6. The average molecular weight is 435 g/mol. The fourth-order valence-electron chi connectivity index (χ4n) is 3.08. The number of para-hydroxylation sites is 2. The molecule has 1 heterocycles. The van der Waals surface area contributed by atoms with Gasteiger partial charge in [-0.15, -0.1) is 0 Å². The van der Waals surface area contributed by atoms with Crippen molar-refractivity contribution in [2.45, 2.75) is 24.7 Å². The van der Waals surface area contributed by atoms with E-state index in [9.17, 15) is 13.2 Å². The molecule has 0 aromatic heterocycles. The summed E-state index contributed by atoms with van der Waals surface area (Å²) in [5.74, 6) is 0.954. The van der Waals surface area contributed by atoms with E-state index >= 15 is 0 Å². The minimum atomic E-state index is -3.91. The standard InChI is InChI=1S/C21H26N2O6S/c1-3-11-23(15-21(24)22-17-7-4-5-8-18(17)27-2)30(25,26)16-9-10-19-20(14-16)29-13-6-12-28-19/h4-5,7-10,14H,3,6,11-13,15H2,1-2H3,(H,22,24). The molecule has 0 saturated carbocycles. The molecule has 0 saturated heterocycles. The third kappa shape index (κ3) is 5.03. The number of nitrogens with one attached hydrogen (secondary N) is 1. The molecule has 2 aromatic rings. The Bertz CT molecular complexity index is 993. The molecular formula is C21H26N2O6S. The molecule has 0 unspecified atom stereocenters. The summed E-state index contributed by atoms with van der Waals surface area (Å²) in [4.78, 5) is 12.7. The Hall–Kier alpha value is -2.78. The molecule has 2 aromatic carbocycles. The van der Waals surface area contributed by atoms with Crippen LogP contribution in [-0.2, 0) is 14.8 Å². The molecule has 0 atom stereocenters. The molecule has 3 rings (SSSR count). The predicted molar refractivity (Wildman–Crippen MR) is 113 cm³/mol. The van der Waals surface area contributed by atoms with E-state index in [2.05, 4.69) is 5.32 Å². The van der Waals surface area contributed by atoms with E-state index in [0.29, 0.717) is 42.6 Å². The van der Waals surface area contributed by atoms with Gasteiger partial charge in [0.15, 0.2) is 11.5 Å². The van der Waals surface area contributed by atoms with Crippen LogP contribution >= 0.6 is 0 Å². The number of nitrogens with zero attached hydrogens (tertiary/aromatic N) is 1. The largest absolute Gasteiger partial charge is 0.495 e. The van der Waals surface area contributed by atoms with Crippen molar-refractivity contribution >= 4 is 21.6 Å². The topological polar surface area (TPSA) is 94.2 Å². The third-order valence-electron chi connectivity index (χ3n) is 4.53. The lowest BCUT2D eigenvalue weighted by molar-refractivity contribution is -0.116. The van der Waals surface area contributed by atoms with Gasteiger partial charge in [0.25, 0.3) is 0 Å². The predicted octanol–water partition coefficient (Wildman–Crippen LogP) is 2.90. The van der Waals surface area contributed by atoms with Gasteiger partial charge in [-0.05, 0) is 30.7 Å². The highest BCUT2D eigenvalue weighted by Crippen LogP contribution is 2.33. The zero-order chi connectivity index (χ0) is 21.6. The number of carbonyl (C=O) groups excluding carboxylic acids is 1. The molecule has 30 heavy (non-hydrogen) atoms. The first-order valence-corrected chi connectivity index (χ1v) is 11.2. The second-order valence-electron chi connectivity index (χ2n) is 6.75. The van der Waals surface area contributed by atoms with Gasteiger partial charge in [0, 0.05) is 19.0 Å². The summed E-state index contributed by atoms with van der Waals surface area (Å²) in [7, 11) is -2.40. The maximum Gasteiger partial charge on any atom is 0.243 e. The summed E-state index contributed by atoms with van der Waals surface area (Å²) in [6.45, 7) is 2.72. The van der Waals surface area contributed by atoms with E-state index in [-0.39, 0.29) is 18.0 Å². The van der Waals surface area contributed by atoms with Crippen molar-refractivity contribution < 1.29 is 27.4 Å². The number of methoxy groups -OCH3 is 1. The Morgan fingerprint density at radius 3 is 2.60 bits per heavy atom. The number of fused-ring (bicyclic) bond motifs is 1. The number of hydrogen-bond donors (Lipinski definition) is 1. The van der Waals surface area contributed by atoms with Crippen molar-refractivity contribution in [1.82, 2.24) is 4.31 Å². The first kappa shape index (κ1) is 21.9. The van der Waals surface area contributed by atoms with E-state index in [1.807, 2.05) is 6.92 Å². The number of hydrogen-bond acceptors (Lipinski definition) is 6. The van der Waals surface area contributed by atoms with Gasteiger partial charge >= 0.3 is 0 Å². The van der Waals surface area contributed by atoms with Crippen molar-refractivity contribution in [3.05, 3.63) is 42.5 Å². The van der Waals surface area contributed by atoms with E-state index in [4.69, 9.17) is 14.2 Å². The third-order valence-corrected chi connectivity index (χ3v) is 6.37. The SMILES string of the molecule is CCCN(CC(=O)Nc1ccccc1OC)S(=O)(=O)c1ccc2c(c1)OCCCO2. The summed E-state index contributed by atoms with van der Waals surface area (Å²) in [5, 5.41) is 2.72. The highest BCUT2D eigenvalue weighted by molar-refractivity contribution is 7.89. The van der Waals surface area contributed by atoms with Gasteiger partial charge in [-0.3, -0.25) is 4.79 Å². The minimum Gasteiger partial charge on any atom is -0.495 e. The van der Waals surface area contributed by atoms with Crippen molar-refractivity contribution in [2.75, 3.05) is 38.7 Å². The van der Waals surface area contributed by atoms with Gasteiger partial charge in [-0.25, -0.2) is 8.42 Å². The fourth-order valence-corrected chi connectivity index (χ4v) is 4.59. The molecule has 0 spiro atoms. The Labute approximate surface area is 176 Å². The Morgan fingerprint density at radius 2 is 1.87 bits per heavy atom. The van der Waals surface area contributed by atoms with E-state index < -0.39 is 15.9 Å². The van der Waals surface area contributed by atoms with E-state index in [1.54, 1.807) is 30.3 Å². The average Bonchev–Trinajstić information content (AvgIpc) is 2.98.